The van der Waals surface area contributed by atoms with Gasteiger partial charge in [0, 0.05) is 57.7 Å². The van der Waals surface area contributed by atoms with Gasteiger partial charge in [0.25, 0.3) is 0 Å². The molecule has 35 heavy (non-hydrogen) atoms. The van der Waals surface area contributed by atoms with Crippen molar-refractivity contribution in [3.8, 4) is 0 Å². The summed E-state index contributed by atoms with van der Waals surface area (Å²) in [5.74, 6) is -0.416. The topological polar surface area (TPSA) is 125 Å². The lowest BCUT2D eigenvalue weighted by Crippen LogP contribution is -2.54. The minimum absolute atomic E-state index is 0.148. The Hall–Kier alpha value is -2.64. The molecular weight excluding hydrogens is 492 g/mol. The number of sulfonamides is 1. The highest BCUT2D eigenvalue weighted by molar-refractivity contribution is 7.89. The summed E-state index contributed by atoms with van der Waals surface area (Å²) in [6, 6.07) is 12.9. The molecule has 2 N–H and O–H groups in total. The van der Waals surface area contributed by atoms with E-state index in [0.29, 0.717) is 42.3 Å². The second-order valence-corrected chi connectivity index (χ2v) is 11.8. The van der Waals surface area contributed by atoms with Gasteiger partial charge in [-0.25, -0.2) is 12.6 Å². The minimum atomic E-state index is -3.72. The van der Waals surface area contributed by atoms with Crippen molar-refractivity contribution in [2.75, 3.05) is 36.9 Å². The molecule has 2 aromatic carbocycles. The maximum Gasteiger partial charge on any atom is 0.243 e. The summed E-state index contributed by atoms with van der Waals surface area (Å²) in [6.45, 7) is 4.14. The van der Waals surface area contributed by atoms with Crippen LogP contribution < -0.4 is 10.6 Å². The van der Waals surface area contributed by atoms with Gasteiger partial charge in [-0.15, -0.1) is 0 Å². The molecule has 0 radical (unpaired) electrons. The van der Waals surface area contributed by atoms with Gasteiger partial charge in [-0.2, -0.15) is 8.61 Å². The van der Waals surface area contributed by atoms with Gasteiger partial charge >= 0.3 is 0 Å². The van der Waals surface area contributed by atoms with Crippen LogP contribution >= 0.6 is 0 Å². The number of anilines is 2. The highest BCUT2D eigenvalue weighted by Crippen LogP contribution is 2.38. The molecule has 2 aliphatic heterocycles. The van der Waals surface area contributed by atoms with Crippen LogP contribution in [0.2, 0.25) is 0 Å². The number of ether oxygens (including phenoxy) is 1. The molecule has 0 aromatic heterocycles. The highest BCUT2D eigenvalue weighted by Gasteiger charge is 2.49. The summed E-state index contributed by atoms with van der Waals surface area (Å²) in [4.78, 5) is 23.1. The van der Waals surface area contributed by atoms with Crippen LogP contribution in [0, 0.1) is 0 Å². The first-order valence-electron chi connectivity index (χ1n) is 11.2. The van der Waals surface area contributed by atoms with Crippen LogP contribution in [-0.2, 0) is 35.3 Å². The SMILES string of the molecule is CC(=O)Nc1ccc(S(=O)N2CCOC23CCN(S(=O)(=O)c2ccc(NC(C)=O)cc2)CC3)cc1. The number of carbonyl (C=O) groups excluding carboxylic acids is 2. The molecule has 1 unspecified atom stereocenters. The molecule has 2 fully saturated rings. The number of hydrogen-bond donors (Lipinski definition) is 2. The van der Waals surface area contributed by atoms with Crippen molar-refractivity contribution in [2.45, 2.75) is 42.2 Å². The van der Waals surface area contributed by atoms with E-state index in [1.54, 1.807) is 40.7 Å². The van der Waals surface area contributed by atoms with Gasteiger partial charge < -0.3 is 15.4 Å². The van der Waals surface area contributed by atoms with Crippen LogP contribution in [0.4, 0.5) is 11.4 Å². The molecule has 0 saturated carbocycles. The highest BCUT2D eigenvalue weighted by atomic mass is 32.2. The summed E-state index contributed by atoms with van der Waals surface area (Å²) in [7, 11) is -5.22. The molecule has 2 amide bonds. The number of carbonyl (C=O) groups is 2. The second kappa shape index (κ2) is 10.2. The first-order chi connectivity index (χ1) is 16.6. The standard InChI is InChI=1S/C23H28N4O6S2/c1-17(28)24-19-3-7-21(8-4-19)34(30)27-15-16-33-23(27)11-13-26(14-12-23)35(31,32)22-9-5-20(6-10-22)25-18(2)29/h3-10H,11-16H2,1-2H3,(H,24,28)(H,25,29). The normalized spacial score (nSPS) is 19.4. The van der Waals surface area contributed by atoms with E-state index in [2.05, 4.69) is 10.6 Å². The Kier molecular flexibility index (Phi) is 7.38. The monoisotopic (exact) mass is 520 g/mol. The van der Waals surface area contributed by atoms with Crippen molar-refractivity contribution in [2.24, 2.45) is 0 Å². The second-order valence-electron chi connectivity index (χ2n) is 8.46. The molecule has 4 rings (SSSR count). The van der Waals surface area contributed by atoms with Crippen molar-refractivity contribution in [3.63, 3.8) is 0 Å². The molecule has 12 heteroatoms. The molecule has 2 saturated heterocycles. The lowest BCUT2D eigenvalue weighted by molar-refractivity contribution is -0.115. The number of benzene rings is 2. The van der Waals surface area contributed by atoms with Crippen molar-refractivity contribution >= 4 is 44.2 Å². The largest absolute Gasteiger partial charge is 0.358 e. The van der Waals surface area contributed by atoms with Gasteiger partial charge in [0.15, 0.2) is 0 Å². The molecule has 188 valence electrons. The minimum Gasteiger partial charge on any atom is -0.358 e. The third kappa shape index (κ3) is 5.46. The Bertz CT molecular complexity index is 1220. The first kappa shape index (κ1) is 25.5. The number of rotatable bonds is 6. The molecule has 0 bridgehead atoms. The van der Waals surface area contributed by atoms with E-state index in [4.69, 9.17) is 4.74 Å². The molecule has 1 atom stereocenters. The van der Waals surface area contributed by atoms with Crippen LogP contribution in [0.3, 0.4) is 0 Å². The summed E-state index contributed by atoms with van der Waals surface area (Å²) >= 11 is 0. The zero-order chi connectivity index (χ0) is 25.2. The zero-order valence-corrected chi connectivity index (χ0v) is 21.2. The van der Waals surface area contributed by atoms with E-state index < -0.39 is 26.7 Å². The van der Waals surface area contributed by atoms with E-state index >= 15 is 0 Å². The van der Waals surface area contributed by atoms with Crippen LogP contribution in [-0.4, -0.2) is 65.0 Å². The number of nitrogens with zero attached hydrogens (tertiary/aromatic N) is 2. The molecule has 2 aromatic rings. The van der Waals surface area contributed by atoms with Crippen molar-refractivity contribution in [1.29, 1.82) is 0 Å². The third-order valence-electron chi connectivity index (χ3n) is 6.01. The predicted molar refractivity (Wildman–Crippen MR) is 131 cm³/mol. The maximum atomic E-state index is 13.4. The van der Waals surface area contributed by atoms with Crippen molar-refractivity contribution < 1.29 is 27.0 Å². The van der Waals surface area contributed by atoms with Gasteiger partial charge in [-0.3, -0.25) is 9.59 Å². The van der Waals surface area contributed by atoms with Crippen LogP contribution in [0.5, 0.6) is 0 Å². The lowest BCUT2D eigenvalue weighted by Gasteiger charge is -2.42. The Labute approximate surface area is 207 Å². The fourth-order valence-electron chi connectivity index (χ4n) is 4.35. The van der Waals surface area contributed by atoms with E-state index in [9.17, 15) is 22.2 Å². The van der Waals surface area contributed by atoms with Gasteiger partial charge in [-0.1, -0.05) is 0 Å². The fraction of sp³-hybridized carbons (Fsp3) is 0.391. The number of hydrogen-bond acceptors (Lipinski definition) is 6. The fourth-order valence-corrected chi connectivity index (χ4v) is 7.19. The molecule has 1 spiro atoms. The lowest BCUT2D eigenvalue weighted by atomic mass is 10.0. The van der Waals surface area contributed by atoms with Crippen LogP contribution in [0.1, 0.15) is 26.7 Å². The maximum absolute atomic E-state index is 13.4. The van der Waals surface area contributed by atoms with E-state index in [0.717, 1.165) is 0 Å². The number of piperidine rings is 1. The third-order valence-corrected chi connectivity index (χ3v) is 9.52. The number of amides is 2. The Balaban J connectivity index is 1.44. The predicted octanol–water partition coefficient (Wildman–Crippen LogP) is 2.14. The Morgan fingerprint density at radius 3 is 1.91 bits per heavy atom. The average molecular weight is 521 g/mol. The van der Waals surface area contributed by atoms with Crippen molar-refractivity contribution in [1.82, 2.24) is 8.61 Å². The van der Waals surface area contributed by atoms with Gasteiger partial charge in [-0.05, 0) is 48.5 Å². The molecule has 2 aliphatic rings. The molecular formula is C23H28N4O6S2. The Morgan fingerprint density at radius 1 is 0.886 bits per heavy atom. The van der Waals surface area contributed by atoms with Crippen LogP contribution in [0.25, 0.3) is 0 Å². The smallest absolute Gasteiger partial charge is 0.243 e. The molecule has 2 heterocycles. The summed E-state index contributed by atoms with van der Waals surface area (Å²) in [6.07, 6.45) is 0.762. The van der Waals surface area contributed by atoms with Gasteiger partial charge in [0.1, 0.15) is 16.7 Å². The number of nitrogens with one attached hydrogen (secondary N) is 2. The van der Waals surface area contributed by atoms with Crippen molar-refractivity contribution in [3.05, 3.63) is 48.5 Å². The van der Waals surface area contributed by atoms with E-state index in [-0.39, 0.29) is 29.8 Å². The molecule has 0 aliphatic carbocycles. The van der Waals surface area contributed by atoms with Gasteiger partial charge in [0.2, 0.25) is 21.8 Å². The zero-order valence-electron chi connectivity index (χ0n) is 19.5. The average Bonchev–Trinajstić information content (AvgIpc) is 3.21. The Morgan fingerprint density at radius 2 is 1.40 bits per heavy atom. The summed E-state index contributed by atoms with van der Waals surface area (Å²) in [5, 5.41) is 5.30. The quantitative estimate of drug-likeness (QED) is 0.601. The summed E-state index contributed by atoms with van der Waals surface area (Å²) < 4.78 is 49.0. The van der Waals surface area contributed by atoms with E-state index in [1.165, 1.54) is 30.3 Å². The van der Waals surface area contributed by atoms with Crippen LogP contribution in [0.15, 0.2) is 58.3 Å². The van der Waals surface area contributed by atoms with Gasteiger partial charge in [0.05, 0.1) is 16.4 Å². The first-order valence-corrected chi connectivity index (χ1v) is 13.7. The summed E-state index contributed by atoms with van der Waals surface area (Å²) in [5.41, 5.74) is 0.341. The van der Waals surface area contributed by atoms with E-state index in [1.807, 2.05) is 0 Å². The molecule has 10 nitrogen and oxygen atoms in total.